The first kappa shape index (κ1) is 20.0. The van der Waals surface area contributed by atoms with Crippen LogP contribution >= 0.6 is 23.4 Å². The van der Waals surface area contributed by atoms with Crippen molar-refractivity contribution in [2.45, 2.75) is 6.92 Å². The third-order valence-corrected chi connectivity index (χ3v) is 5.07. The summed E-state index contributed by atoms with van der Waals surface area (Å²) in [6.07, 6.45) is 1.75. The van der Waals surface area contributed by atoms with E-state index in [1.165, 1.54) is 11.8 Å². The number of nitrogens with zero attached hydrogens (tertiary/aromatic N) is 1. The van der Waals surface area contributed by atoms with Gasteiger partial charge in [-0.05, 0) is 55.0 Å². The van der Waals surface area contributed by atoms with E-state index in [1.807, 2.05) is 12.1 Å². The largest absolute Gasteiger partial charge is 0.506 e. The molecule has 0 fully saturated rings. The molecule has 1 N–H and O–H groups in total. The van der Waals surface area contributed by atoms with E-state index in [0.717, 1.165) is 5.56 Å². The maximum absolute atomic E-state index is 12.4. The number of carbonyl (C=O) groups is 1. The Morgan fingerprint density at radius 1 is 1.25 bits per heavy atom. The molecule has 0 spiro atoms. The molecule has 144 valence electrons. The van der Waals surface area contributed by atoms with Crippen LogP contribution in [-0.4, -0.2) is 29.8 Å². The van der Waals surface area contributed by atoms with Crippen molar-refractivity contribution in [3.8, 4) is 5.75 Å². The van der Waals surface area contributed by atoms with Crippen molar-refractivity contribution < 1.29 is 19.4 Å². The van der Waals surface area contributed by atoms with Crippen LogP contribution < -0.4 is 4.74 Å². The quantitative estimate of drug-likeness (QED) is 0.649. The third kappa shape index (κ3) is 4.58. The number of aliphatic hydroxyl groups excluding tert-OH is 1. The van der Waals surface area contributed by atoms with E-state index in [4.69, 9.17) is 21.1 Å². The van der Waals surface area contributed by atoms with Crippen LogP contribution in [0.1, 0.15) is 12.5 Å². The van der Waals surface area contributed by atoms with E-state index in [1.54, 1.807) is 56.5 Å². The SMILES string of the molecule is CCOC(=O)C1=C(O)/C(=C\c2cccc(Cl)c2)SC1=Nc1ccc(OC)cc1. The van der Waals surface area contributed by atoms with Crippen LogP contribution in [0, 0.1) is 0 Å². The van der Waals surface area contributed by atoms with Gasteiger partial charge in [-0.15, -0.1) is 0 Å². The van der Waals surface area contributed by atoms with E-state index in [-0.39, 0.29) is 17.9 Å². The summed E-state index contributed by atoms with van der Waals surface area (Å²) in [5, 5.41) is 11.6. The molecule has 7 heteroatoms. The second-order valence-electron chi connectivity index (χ2n) is 5.72. The molecule has 28 heavy (non-hydrogen) atoms. The number of aliphatic imine (C=N–C) groups is 1. The van der Waals surface area contributed by atoms with E-state index in [2.05, 4.69) is 4.99 Å². The molecule has 2 aromatic carbocycles. The molecule has 0 amide bonds. The summed E-state index contributed by atoms with van der Waals surface area (Å²) in [6, 6.07) is 14.3. The first-order valence-electron chi connectivity index (χ1n) is 8.50. The van der Waals surface area contributed by atoms with Gasteiger partial charge in [-0.25, -0.2) is 9.79 Å². The summed E-state index contributed by atoms with van der Waals surface area (Å²) < 4.78 is 10.2. The molecule has 0 radical (unpaired) electrons. The van der Waals surface area contributed by atoms with Crippen LogP contribution in [0.25, 0.3) is 6.08 Å². The summed E-state index contributed by atoms with van der Waals surface area (Å²) >= 11 is 7.23. The number of benzene rings is 2. The Hall–Kier alpha value is -2.70. The average Bonchev–Trinajstić information content (AvgIpc) is 2.97. The number of hydrogen-bond acceptors (Lipinski definition) is 6. The Kier molecular flexibility index (Phi) is 6.44. The highest BCUT2D eigenvalue weighted by atomic mass is 35.5. The Labute approximate surface area is 172 Å². The predicted molar refractivity (Wildman–Crippen MR) is 113 cm³/mol. The minimum absolute atomic E-state index is 0.0518. The zero-order valence-corrected chi connectivity index (χ0v) is 16.9. The molecule has 2 aromatic rings. The third-order valence-electron chi connectivity index (χ3n) is 3.82. The zero-order chi connectivity index (χ0) is 20.1. The first-order chi connectivity index (χ1) is 13.5. The van der Waals surface area contributed by atoms with Crippen molar-refractivity contribution in [3.05, 3.63) is 75.4 Å². The van der Waals surface area contributed by atoms with Gasteiger partial charge in [0.1, 0.15) is 22.1 Å². The monoisotopic (exact) mass is 415 g/mol. The van der Waals surface area contributed by atoms with Gasteiger partial charge in [0.25, 0.3) is 0 Å². The molecule has 0 unspecified atom stereocenters. The van der Waals surface area contributed by atoms with Gasteiger partial charge in [-0.3, -0.25) is 0 Å². The highest BCUT2D eigenvalue weighted by molar-refractivity contribution is 8.18. The van der Waals surface area contributed by atoms with Crippen LogP contribution in [0.5, 0.6) is 5.75 Å². The molecule has 0 saturated heterocycles. The van der Waals surface area contributed by atoms with E-state index in [0.29, 0.717) is 26.4 Å². The molecule has 1 heterocycles. The Balaban J connectivity index is 2.01. The highest BCUT2D eigenvalue weighted by Crippen LogP contribution is 2.40. The van der Waals surface area contributed by atoms with Crippen LogP contribution in [0.3, 0.4) is 0 Å². The van der Waals surface area contributed by atoms with E-state index < -0.39 is 5.97 Å². The maximum atomic E-state index is 12.4. The minimum Gasteiger partial charge on any atom is -0.506 e. The van der Waals surface area contributed by atoms with Gasteiger partial charge in [0.15, 0.2) is 0 Å². The minimum atomic E-state index is -0.616. The lowest BCUT2D eigenvalue weighted by Gasteiger charge is -2.04. The highest BCUT2D eigenvalue weighted by Gasteiger charge is 2.33. The molecule has 5 nitrogen and oxygen atoms in total. The number of carbonyl (C=O) groups excluding carboxylic acids is 1. The lowest BCUT2D eigenvalue weighted by atomic mass is 10.1. The normalized spacial score (nSPS) is 16.7. The fraction of sp³-hybridized carbons (Fsp3) is 0.143. The zero-order valence-electron chi connectivity index (χ0n) is 15.3. The second-order valence-corrected chi connectivity index (χ2v) is 7.19. The number of methoxy groups -OCH3 is 1. The van der Waals surface area contributed by atoms with Gasteiger partial charge < -0.3 is 14.6 Å². The van der Waals surface area contributed by atoms with Gasteiger partial charge in [0.2, 0.25) is 0 Å². The lowest BCUT2D eigenvalue weighted by molar-refractivity contribution is -0.138. The topological polar surface area (TPSA) is 68.1 Å². The molecule has 0 saturated carbocycles. The first-order valence-corrected chi connectivity index (χ1v) is 9.70. The fourth-order valence-corrected chi connectivity index (χ4v) is 3.75. The van der Waals surface area contributed by atoms with E-state index in [9.17, 15) is 9.90 Å². The number of thioether (sulfide) groups is 1. The van der Waals surface area contributed by atoms with Crippen LogP contribution in [0.15, 0.2) is 69.8 Å². The molecular weight excluding hydrogens is 398 g/mol. The summed E-state index contributed by atoms with van der Waals surface area (Å²) in [5.41, 5.74) is 1.48. The molecular formula is C21H18ClNO4S. The summed E-state index contributed by atoms with van der Waals surface area (Å²) in [4.78, 5) is 17.4. The smallest absolute Gasteiger partial charge is 0.344 e. The summed E-state index contributed by atoms with van der Waals surface area (Å²) in [7, 11) is 1.58. The molecule has 0 aromatic heterocycles. The number of hydrogen-bond donors (Lipinski definition) is 1. The summed E-state index contributed by atoms with van der Waals surface area (Å²) in [5.74, 6) is -0.0708. The van der Waals surface area contributed by atoms with Gasteiger partial charge in [0.05, 0.1) is 24.3 Å². The molecule has 0 aliphatic carbocycles. The number of esters is 1. The molecule has 3 rings (SSSR count). The second kappa shape index (κ2) is 8.99. The van der Waals surface area contributed by atoms with Crippen molar-refractivity contribution in [1.29, 1.82) is 0 Å². The average molecular weight is 416 g/mol. The van der Waals surface area contributed by atoms with Gasteiger partial charge >= 0.3 is 5.97 Å². The van der Waals surface area contributed by atoms with Crippen molar-refractivity contribution in [2.75, 3.05) is 13.7 Å². The number of aliphatic hydroxyl groups is 1. The van der Waals surface area contributed by atoms with Crippen molar-refractivity contribution >= 4 is 46.1 Å². The molecule has 1 aliphatic rings. The summed E-state index contributed by atoms with van der Waals surface area (Å²) in [6.45, 7) is 1.91. The Bertz CT molecular complexity index is 980. The van der Waals surface area contributed by atoms with Crippen LogP contribution in [0.2, 0.25) is 5.02 Å². The van der Waals surface area contributed by atoms with Crippen molar-refractivity contribution in [1.82, 2.24) is 0 Å². The van der Waals surface area contributed by atoms with E-state index >= 15 is 0 Å². The van der Waals surface area contributed by atoms with Gasteiger partial charge in [-0.1, -0.05) is 35.5 Å². The number of ether oxygens (including phenoxy) is 2. The maximum Gasteiger partial charge on any atom is 0.344 e. The molecule has 1 aliphatic heterocycles. The van der Waals surface area contributed by atoms with Gasteiger partial charge in [0, 0.05) is 5.02 Å². The van der Waals surface area contributed by atoms with Crippen LogP contribution in [-0.2, 0) is 9.53 Å². The van der Waals surface area contributed by atoms with Crippen LogP contribution in [0.4, 0.5) is 5.69 Å². The van der Waals surface area contributed by atoms with Crippen molar-refractivity contribution in [3.63, 3.8) is 0 Å². The lowest BCUT2D eigenvalue weighted by Crippen LogP contribution is -2.12. The number of rotatable bonds is 5. The fourth-order valence-electron chi connectivity index (χ4n) is 2.51. The Morgan fingerprint density at radius 2 is 2.00 bits per heavy atom. The van der Waals surface area contributed by atoms with Gasteiger partial charge in [-0.2, -0.15) is 0 Å². The number of halogens is 1. The predicted octanol–water partition coefficient (Wildman–Crippen LogP) is 5.54. The van der Waals surface area contributed by atoms with Crippen molar-refractivity contribution in [2.24, 2.45) is 4.99 Å². The molecule has 0 atom stereocenters. The Morgan fingerprint density at radius 3 is 2.64 bits per heavy atom. The standard InChI is InChI=1S/C21H18ClNO4S/c1-3-27-21(25)18-19(24)17(12-13-5-4-6-14(22)11-13)28-20(18)23-15-7-9-16(26-2)10-8-15/h4-12,24H,3H2,1-2H3/b17-12+,23-20?. The molecule has 0 bridgehead atoms.